The minimum atomic E-state index is -0.116. The lowest BCUT2D eigenvalue weighted by molar-refractivity contribution is 0.0830. The van der Waals surface area contributed by atoms with Gasteiger partial charge in [0.15, 0.2) is 0 Å². The van der Waals surface area contributed by atoms with Crippen LogP contribution >= 0.6 is 12.4 Å². The van der Waals surface area contributed by atoms with Crippen molar-refractivity contribution >= 4 is 12.4 Å². The monoisotopic (exact) mass is 257 g/mol. The Kier molecular flexibility index (Phi) is 3.59. The van der Waals surface area contributed by atoms with Crippen LogP contribution in [0.5, 0.6) is 5.75 Å². The van der Waals surface area contributed by atoms with Crippen LogP contribution in [0, 0.1) is 11.2 Å². The summed E-state index contributed by atoms with van der Waals surface area (Å²) in [6.45, 7) is 2.78. The maximum Gasteiger partial charge on any atom is 0.130 e. The smallest absolute Gasteiger partial charge is 0.130 e. The van der Waals surface area contributed by atoms with E-state index in [0.29, 0.717) is 0 Å². The van der Waals surface area contributed by atoms with Crippen molar-refractivity contribution in [1.82, 2.24) is 5.32 Å². The number of hydrogen-bond donors (Lipinski definition) is 1. The summed E-state index contributed by atoms with van der Waals surface area (Å²) in [6.07, 6.45) is 3.00. The van der Waals surface area contributed by atoms with Gasteiger partial charge in [0.1, 0.15) is 11.6 Å². The molecule has 2 heterocycles. The Bertz CT molecular complexity index is 404. The highest BCUT2D eigenvalue weighted by Gasteiger charge is 2.37. The van der Waals surface area contributed by atoms with Crippen LogP contribution in [0.2, 0.25) is 0 Å². The number of halogens is 2. The van der Waals surface area contributed by atoms with Gasteiger partial charge in [0.05, 0.1) is 6.61 Å². The molecule has 1 aromatic rings. The Labute approximate surface area is 107 Å². The minimum Gasteiger partial charge on any atom is -0.493 e. The van der Waals surface area contributed by atoms with Crippen molar-refractivity contribution in [2.24, 2.45) is 5.41 Å². The second-order valence-electron chi connectivity index (χ2n) is 4.93. The molecule has 0 radical (unpaired) electrons. The average Bonchev–Trinajstić information content (AvgIpc) is 2.32. The third-order valence-electron chi connectivity index (χ3n) is 3.83. The van der Waals surface area contributed by atoms with Crippen LogP contribution in [0.1, 0.15) is 18.4 Å². The van der Waals surface area contributed by atoms with Crippen molar-refractivity contribution in [1.29, 1.82) is 0 Å². The topological polar surface area (TPSA) is 21.3 Å². The molecule has 2 aliphatic heterocycles. The molecule has 0 aromatic heterocycles. The van der Waals surface area contributed by atoms with Crippen LogP contribution in [0.4, 0.5) is 4.39 Å². The largest absolute Gasteiger partial charge is 0.493 e. The van der Waals surface area contributed by atoms with Gasteiger partial charge < -0.3 is 10.1 Å². The lowest BCUT2D eigenvalue weighted by Gasteiger charge is -2.41. The highest BCUT2D eigenvalue weighted by atomic mass is 35.5. The second-order valence-corrected chi connectivity index (χ2v) is 4.93. The molecule has 0 bridgehead atoms. The molecule has 2 aliphatic rings. The predicted molar refractivity (Wildman–Crippen MR) is 67.4 cm³/mol. The van der Waals surface area contributed by atoms with E-state index in [4.69, 9.17) is 4.74 Å². The molecule has 94 valence electrons. The third-order valence-corrected chi connectivity index (χ3v) is 3.83. The van der Waals surface area contributed by atoms with Gasteiger partial charge in [-0.25, -0.2) is 4.39 Å². The fraction of sp³-hybridized carbons (Fsp3) is 0.538. The van der Waals surface area contributed by atoms with E-state index in [9.17, 15) is 4.39 Å². The molecule has 1 aromatic carbocycles. The first-order valence-electron chi connectivity index (χ1n) is 5.90. The maximum absolute atomic E-state index is 13.7. The van der Waals surface area contributed by atoms with Gasteiger partial charge in [-0.3, -0.25) is 0 Å². The van der Waals surface area contributed by atoms with E-state index in [1.165, 1.54) is 6.07 Å². The molecular formula is C13H17ClFNO. The maximum atomic E-state index is 13.7. The fourth-order valence-electron chi connectivity index (χ4n) is 2.78. The summed E-state index contributed by atoms with van der Waals surface area (Å²) in [5.74, 6) is 0.624. The van der Waals surface area contributed by atoms with Crippen molar-refractivity contribution in [2.75, 3.05) is 19.7 Å². The molecule has 1 fully saturated rings. The van der Waals surface area contributed by atoms with Crippen molar-refractivity contribution in [3.8, 4) is 5.75 Å². The van der Waals surface area contributed by atoms with Gasteiger partial charge in [-0.15, -0.1) is 12.4 Å². The molecule has 0 saturated carbocycles. The third kappa shape index (κ3) is 2.26. The first kappa shape index (κ1) is 12.7. The zero-order chi connectivity index (χ0) is 11.0. The van der Waals surface area contributed by atoms with Crippen LogP contribution in [-0.4, -0.2) is 19.7 Å². The summed E-state index contributed by atoms with van der Waals surface area (Å²) >= 11 is 0. The van der Waals surface area contributed by atoms with E-state index in [1.807, 2.05) is 6.07 Å². The summed E-state index contributed by atoms with van der Waals surface area (Å²) < 4.78 is 19.4. The average molecular weight is 258 g/mol. The molecule has 0 amide bonds. The van der Waals surface area contributed by atoms with Crippen LogP contribution in [0.25, 0.3) is 0 Å². The first-order valence-corrected chi connectivity index (χ1v) is 5.90. The summed E-state index contributed by atoms with van der Waals surface area (Å²) in [5, 5.41) is 3.35. The number of piperidine rings is 1. The van der Waals surface area contributed by atoms with Gasteiger partial charge in [0.25, 0.3) is 0 Å². The zero-order valence-electron chi connectivity index (χ0n) is 9.67. The molecule has 0 atom stereocenters. The molecule has 2 nitrogen and oxygen atoms in total. The lowest BCUT2D eigenvalue weighted by Crippen LogP contribution is -2.44. The molecule has 1 spiro atoms. The molecule has 17 heavy (non-hydrogen) atoms. The van der Waals surface area contributed by atoms with Crippen LogP contribution in [0.15, 0.2) is 18.2 Å². The molecule has 0 aliphatic carbocycles. The molecular weight excluding hydrogens is 241 g/mol. The Hall–Kier alpha value is -0.800. The highest BCUT2D eigenvalue weighted by molar-refractivity contribution is 5.85. The van der Waals surface area contributed by atoms with Crippen LogP contribution < -0.4 is 10.1 Å². The van der Waals surface area contributed by atoms with Crippen LogP contribution in [0.3, 0.4) is 0 Å². The Morgan fingerprint density at radius 2 is 2.00 bits per heavy atom. The van der Waals surface area contributed by atoms with Gasteiger partial charge in [-0.1, -0.05) is 6.07 Å². The van der Waals surface area contributed by atoms with Gasteiger partial charge in [0.2, 0.25) is 0 Å². The van der Waals surface area contributed by atoms with Crippen molar-refractivity contribution < 1.29 is 9.13 Å². The second kappa shape index (κ2) is 4.83. The lowest BCUT2D eigenvalue weighted by atomic mass is 9.73. The minimum absolute atomic E-state index is 0. The van der Waals surface area contributed by atoms with Gasteiger partial charge in [-0.2, -0.15) is 0 Å². The molecule has 3 rings (SSSR count). The molecule has 1 saturated heterocycles. The summed E-state index contributed by atoms with van der Waals surface area (Å²) in [5.41, 5.74) is 0.941. The number of benzene rings is 1. The van der Waals surface area contributed by atoms with Gasteiger partial charge >= 0.3 is 0 Å². The number of hydrogen-bond acceptors (Lipinski definition) is 2. The fourth-order valence-corrected chi connectivity index (χ4v) is 2.78. The normalized spacial score (nSPS) is 21.2. The standard InChI is InChI=1S/C13H16FNO.ClH/c14-11-2-1-3-12-10(11)8-13(9-16-12)4-6-15-7-5-13;/h1-3,15H,4-9H2;1H. The van der Waals surface area contributed by atoms with Crippen molar-refractivity contribution in [3.63, 3.8) is 0 Å². The Morgan fingerprint density at radius 1 is 1.24 bits per heavy atom. The first-order chi connectivity index (χ1) is 7.79. The molecule has 0 unspecified atom stereocenters. The highest BCUT2D eigenvalue weighted by Crippen LogP contribution is 2.41. The molecule has 1 N–H and O–H groups in total. The Balaban J connectivity index is 0.00000108. The van der Waals surface area contributed by atoms with Crippen molar-refractivity contribution in [3.05, 3.63) is 29.6 Å². The zero-order valence-corrected chi connectivity index (χ0v) is 10.5. The quantitative estimate of drug-likeness (QED) is 0.771. The van der Waals surface area contributed by atoms with Crippen LogP contribution in [-0.2, 0) is 6.42 Å². The van der Waals surface area contributed by atoms with E-state index in [1.54, 1.807) is 6.07 Å². The van der Waals surface area contributed by atoms with E-state index in [2.05, 4.69) is 5.32 Å². The van der Waals surface area contributed by atoms with Gasteiger partial charge in [-0.05, 0) is 44.5 Å². The SMILES string of the molecule is Cl.Fc1cccc2c1CC1(CCNCC1)CO2. The van der Waals surface area contributed by atoms with E-state index < -0.39 is 0 Å². The summed E-state index contributed by atoms with van der Waals surface area (Å²) in [4.78, 5) is 0. The number of ether oxygens (including phenoxy) is 1. The van der Waals surface area contributed by atoms with E-state index in [0.717, 1.165) is 50.3 Å². The van der Waals surface area contributed by atoms with Crippen molar-refractivity contribution in [2.45, 2.75) is 19.3 Å². The predicted octanol–water partition coefficient (Wildman–Crippen LogP) is 2.55. The molecule has 4 heteroatoms. The van der Waals surface area contributed by atoms with E-state index in [-0.39, 0.29) is 23.6 Å². The summed E-state index contributed by atoms with van der Waals surface area (Å²) in [7, 11) is 0. The van der Waals surface area contributed by atoms with E-state index >= 15 is 0 Å². The van der Waals surface area contributed by atoms with Gasteiger partial charge in [0, 0.05) is 11.0 Å². The number of rotatable bonds is 0. The number of fused-ring (bicyclic) bond motifs is 1. The number of nitrogens with one attached hydrogen (secondary N) is 1. The Morgan fingerprint density at radius 3 is 2.76 bits per heavy atom. The summed E-state index contributed by atoms with van der Waals surface area (Å²) in [6, 6.07) is 5.11.